The number of nitrogens with two attached hydrogens (primary N) is 2. The van der Waals surface area contributed by atoms with Gasteiger partial charge in [-0.05, 0) is 6.07 Å². The molecule has 1 aromatic carbocycles. The minimum Gasteiger partial charge on any atom is -0.477 e. The maximum Gasteiger partial charge on any atom is 0.341 e. The van der Waals surface area contributed by atoms with Crippen molar-refractivity contribution in [2.75, 3.05) is 23.7 Å². The maximum atomic E-state index is 15.4. The molecule has 0 atom stereocenters. The van der Waals surface area contributed by atoms with Crippen LogP contribution in [0.25, 0.3) is 16.7 Å². The van der Waals surface area contributed by atoms with Crippen LogP contribution < -0.4 is 21.8 Å². The highest BCUT2D eigenvalue weighted by molar-refractivity contribution is 5.94. The number of fused-ring (bicyclic) bond motifs is 1. The average molecular weight is 423 g/mol. The van der Waals surface area contributed by atoms with Crippen LogP contribution in [0.3, 0.4) is 0 Å². The van der Waals surface area contributed by atoms with Crippen molar-refractivity contribution in [3.8, 4) is 5.82 Å². The number of pyridine rings is 2. The van der Waals surface area contributed by atoms with Gasteiger partial charge in [-0.3, -0.25) is 9.36 Å². The van der Waals surface area contributed by atoms with Gasteiger partial charge in [-0.25, -0.2) is 27.3 Å². The van der Waals surface area contributed by atoms with Gasteiger partial charge in [0.1, 0.15) is 17.1 Å². The molecule has 4 rings (SSSR count). The van der Waals surface area contributed by atoms with Crippen molar-refractivity contribution in [3.63, 3.8) is 0 Å². The molecule has 1 aliphatic rings. The first-order valence-corrected chi connectivity index (χ1v) is 8.53. The van der Waals surface area contributed by atoms with Crippen LogP contribution in [0.2, 0.25) is 0 Å². The van der Waals surface area contributed by atoms with E-state index >= 15 is 4.39 Å². The molecule has 0 unspecified atom stereocenters. The van der Waals surface area contributed by atoms with Crippen LogP contribution in [0.5, 0.6) is 0 Å². The molecule has 5 N–H and O–H groups in total. The lowest BCUT2D eigenvalue weighted by atomic mass is 10.0. The van der Waals surface area contributed by atoms with E-state index in [2.05, 4.69) is 4.98 Å². The van der Waals surface area contributed by atoms with E-state index in [1.165, 1.54) is 4.90 Å². The van der Waals surface area contributed by atoms with E-state index in [-0.39, 0.29) is 19.1 Å². The Morgan fingerprint density at radius 1 is 1.13 bits per heavy atom. The standard InChI is InChI=1S/C18H13F4N5O3/c19-9-1-7-13(12(22)14(9)26-3-6(23)4-26)27(5-8(15(7)28)18(29)30)17-11(21)2-10(20)16(24)25-17/h1-2,5-6H,3-4,23H2,(H2,24,25)(H,29,30). The Morgan fingerprint density at radius 2 is 1.80 bits per heavy atom. The van der Waals surface area contributed by atoms with Crippen molar-refractivity contribution in [2.45, 2.75) is 6.04 Å². The van der Waals surface area contributed by atoms with E-state index < -0.39 is 68.5 Å². The minimum absolute atomic E-state index is 0.132. The highest BCUT2D eigenvalue weighted by atomic mass is 19.1. The van der Waals surface area contributed by atoms with Gasteiger partial charge in [-0.2, -0.15) is 0 Å². The van der Waals surface area contributed by atoms with Crippen LogP contribution in [0.1, 0.15) is 10.4 Å². The van der Waals surface area contributed by atoms with Crippen LogP contribution in [0, 0.1) is 23.3 Å². The van der Waals surface area contributed by atoms with Crippen LogP contribution in [-0.4, -0.2) is 39.8 Å². The number of carboxylic acids is 1. The molecule has 3 heterocycles. The van der Waals surface area contributed by atoms with Gasteiger partial charge < -0.3 is 21.5 Å². The SMILES string of the molecule is Nc1nc(-n2cc(C(=O)O)c(=O)c3cc(F)c(N4CC(N)C4)c(F)c32)c(F)cc1F. The molecular weight excluding hydrogens is 410 g/mol. The molecule has 0 spiro atoms. The smallest absolute Gasteiger partial charge is 0.341 e. The molecule has 8 nitrogen and oxygen atoms in total. The second-order valence-corrected chi connectivity index (χ2v) is 6.79. The van der Waals surface area contributed by atoms with E-state index in [1.807, 2.05) is 0 Å². The third-order valence-corrected chi connectivity index (χ3v) is 4.78. The third-order valence-electron chi connectivity index (χ3n) is 4.78. The molecule has 156 valence electrons. The predicted molar refractivity (Wildman–Crippen MR) is 98.7 cm³/mol. The number of carbonyl (C=O) groups is 1. The van der Waals surface area contributed by atoms with Crippen molar-refractivity contribution >= 4 is 28.4 Å². The number of carboxylic acid groups (broad SMARTS) is 1. The fraction of sp³-hybridized carbons (Fsp3) is 0.167. The number of rotatable bonds is 3. The van der Waals surface area contributed by atoms with E-state index in [4.69, 9.17) is 11.5 Å². The summed E-state index contributed by atoms with van der Waals surface area (Å²) in [6, 6.07) is 0.721. The molecule has 1 aliphatic heterocycles. The summed E-state index contributed by atoms with van der Waals surface area (Å²) in [5, 5.41) is 8.64. The lowest BCUT2D eigenvalue weighted by Crippen LogP contribution is -2.56. The number of benzene rings is 1. The maximum absolute atomic E-state index is 15.4. The molecule has 1 saturated heterocycles. The lowest BCUT2D eigenvalue weighted by Gasteiger charge is -2.39. The monoisotopic (exact) mass is 423 g/mol. The second kappa shape index (κ2) is 6.69. The molecular formula is C18H13F4N5O3. The van der Waals surface area contributed by atoms with Crippen LogP contribution in [0.4, 0.5) is 29.1 Å². The van der Waals surface area contributed by atoms with Crippen molar-refractivity contribution < 1.29 is 27.5 Å². The third kappa shape index (κ3) is 2.84. The molecule has 0 saturated carbocycles. The molecule has 3 aromatic rings. The minimum atomic E-state index is -1.72. The quantitative estimate of drug-likeness (QED) is 0.543. The van der Waals surface area contributed by atoms with Gasteiger partial charge in [-0.15, -0.1) is 0 Å². The van der Waals surface area contributed by atoms with Gasteiger partial charge >= 0.3 is 5.97 Å². The fourth-order valence-electron chi connectivity index (χ4n) is 3.35. The van der Waals surface area contributed by atoms with Crippen molar-refractivity contribution in [2.24, 2.45) is 5.73 Å². The summed E-state index contributed by atoms with van der Waals surface area (Å²) in [5.41, 5.74) is 7.77. The normalized spacial score (nSPS) is 14.2. The summed E-state index contributed by atoms with van der Waals surface area (Å²) in [6.07, 6.45) is 0.627. The number of aromatic nitrogens is 2. The molecule has 0 amide bonds. The number of hydrogen-bond acceptors (Lipinski definition) is 6. The van der Waals surface area contributed by atoms with Gasteiger partial charge in [0.25, 0.3) is 0 Å². The molecule has 12 heteroatoms. The van der Waals surface area contributed by atoms with E-state index in [0.717, 1.165) is 0 Å². The number of nitrogens with zero attached hydrogens (tertiary/aromatic N) is 3. The first kappa shape index (κ1) is 19.6. The van der Waals surface area contributed by atoms with Gasteiger partial charge in [0, 0.05) is 31.4 Å². The van der Waals surface area contributed by atoms with E-state index in [1.54, 1.807) is 0 Å². The highest BCUT2D eigenvalue weighted by Gasteiger charge is 2.31. The van der Waals surface area contributed by atoms with Gasteiger partial charge in [0.2, 0.25) is 5.43 Å². The average Bonchev–Trinajstić information content (AvgIpc) is 2.64. The first-order valence-electron chi connectivity index (χ1n) is 8.53. The van der Waals surface area contributed by atoms with Crippen molar-refractivity contribution in [1.82, 2.24) is 9.55 Å². The zero-order valence-electron chi connectivity index (χ0n) is 15.0. The summed E-state index contributed by atoms with van der Waals surface area (Å²) in [7, 11) is 0. The van der Waals surface area contributed by atoms with Crippen molar-refractivity contribution in [3.05, 3.63) is 57.4 Å². The summed E-state index contributed by atoms with van der Waals surface area (Å²) in [6.45, 7) is 0.264. The number of halogens is 4. The molecule has 0 bridgehead atoms. The number of aromatic carboxylic acids is 1. The fourth-order valence-corrected chi connectivity index (χ4v) is 3.35. The Hall–Kier alpha value is -3.67. The highest BCUT2D eigenvalue weighted by Crippen LogP contribution is 2.33. The largest absolute Gasteiger partial charge is 0.477 e. The Bertz CT molecular complexity index is 1290. The van der Waals surface area contributed by atoms with Gasteiger partial charge in [-0.1, -0.05) is 0 Å². The topological polar surface area (TPSA) is 127 Å². The number of anilines is 2. The van der Waals surface area contributed by atoms with Crippen LogP contribution in [-0.2, 0) is 0 Å². The Morgan fingerprint density at radius 3 is 2.40 bits per heavy atom. The zero-order valence-corrected chi connectivity index (χ0v) is 15.0. The molecule has 30 heavy (non-hydrogen) atoms. The molecule has 1 fully saturated rings. The Balaban J connectivity index is 2.14. The Labute approximate surface area is 164 Å². The summed E-state index contributed by atoms with van der Waals surface area (Å²) >= 11 is 0. The van der Waals surface area contributed by atoms with Crippen molar-refractivity contribution in [1.29, 1.82) is 0 Å². The Kier molecular flexibility index (Phi) is 4.38. The van der Waals surface area contributed by atoms with E-state index in [0.29, 0.717) is 22.9 Å². The van der Waals surface area contributed by atoms with Crippen LogP contribution >= 0.6 is 0 Å². The van der Waals surface area contributed by atoms with Gasteiger partial charge in [0.15, 0.2) is 29.1 Å². The lowest BCUT2D eigenvalue weighted by molar-refractivity contribution is 0.0695. The zero-order chi connectivity index (χ0) is 21.9. The van der Waals surface area contributed by atoms with Crippen LogP contribution in [0.15, 0.2) is 23.1 Å². The molecule has 0 radical (unpaired) electrons. The van der Waals surface area contributed by atoms with Gasteiger partial charge in [0.05, 0.1) is 10.9 Å². The van der Waals surface area contributed by atoms with E-state index in [9.17, 15) is 27.9 Å². The molecule has 2 aromatic heterocycles. The summed E-state index contributed by atoms with van der Waals surface area (Å²) in [4.78, 5) is 28.8. The summed E-state index contributed by atoms with van der Waals surface area (Å²) < 4.78 is 58.6. The molecule has 0 aliphatic carbocycles. The summed E-state index contributed by atoms with van der Waals surface area (Å²) in [5.74, 6) is -8.10. The predicted octanol–water partition coefficient (Wildman–Crippen LogP) is 1.37. The number of hydrogen-bond donors (Lipinski definition) is 3. The number of nitrogen functional groups attached to an aromatic ring is 1. The first-order chi connectivity index (χ1) is 14.1. The second-order valence-electron chi connectivity index (χ2n) is 6.79.